The minimum absolute atomic E-state index is 0.715. The summed E-state index contributed by atoms with van der Waals surface area (Å²) in [6.07, 6.45) is -12.2. The Morgan fingerprint density at radius 1 is 1.17 bits per heavy atom. The van der Waals surface area contributed by atoms with E-state index >= 15 is 0 Å². The van der Waals surface area contributed by atoms with Gasteiger partial charge in [-0.25, -0.2) is 10.1 Å². The molecule has 0 spiro atoms. The molecule has 0 saturated heterocycles. The molecule has 0 rings (SSSR count). The normalized spacial score (nSPS) is 13.6. The van der Waals surface area contributed by atoms with Crippen LogP contribution in [0, 0.1) is 0 Å². The second kappa shape index (κ2) is 5.95. The van der Waals surface area contributed by atoms with E-state index < -0.39 is 41.7 Å². The second-order valence-electron chi connectivity index (χ2n) is 2.62. The van der Waals surface area contributed by atoms with Gasteiger partial charge in [0.1, 0.15) is 0 Å². The lowest BCUT2D eigenvalue weighted by Gasteiger charge is -2.32. The van der Waals surface area contributed by atoms with Crippen LogP contribution in [-0.2, 0) is 18.9 Å². The number of hydrogen-bond acceptors (Lipinski definition) is 6. The Labute approximate surface area is 100 Å². The molecule has 0 aliphatic carbocycles. The van der Waals surface area contributed by atoms with Gasteiger partial charge in [-0.2, -0.15) is 26.3 Å². The van der Waals surface area contributed by atoms with Gasteiger partial charge < -0.3 is 4.74 Å². The van der Waals surface area contributed by atoms with Gasteiger partial charge in [-0.1, -0.05) is 5.04 Å². The molecule has 0 fully saturated rings. The minimum Gasteiger partial charge on any atom is -0.464 e. The molecule has 0 unspecified atom stereocenters. The van der Waals surface area contributed by atoms with Gasteiger partial charge in [-0.3, -0.25) is 0 Å². The van der Waals surface area contributed by atoms with Crippen LogP contribution in [0.2, 0.25) is 0 Å². The van der Waals surface area contributed by atoms with Crippen LogP contribution >= 0.6 is 12.0 Å². The summed E-state index contributed by atoms with van der Waals surface area (Å²) in [5.74, 6) is -2.63. The van der Waals surface area contributed by atoms with Crippen molar-refractivity contribution >= 4 is 18.0 Å². The highest BCUT2D eigenvalue weighted by molar-refractivity contribution is 7.96. The zero-order valence-corrected chi connectivity index (χ0v) is 9.28. The molecule has 18 heavy (non-hydrogen) atoms. The summed E-state index contributed by atoms with van der Waals surface area (Å²) in [6, 6.07) is 0. The first kappa shape index (κ1) is 17.3. The quantitative estimate of drug-likeness (QED) is 0.277. The van der Waals surface area contributed by atoms with E-state index in [0.29, 0.717) is 0 Å². The summed E-state index contributed by atoms with van der Waals surface area (Å²) in [6.45, 7) is 0.302. The Bertz CT molecular complexity index is 275. The Morgan fingerprint density at radius 3 is 1.89 bits per heavy atom. The van der Waals surface area contributed by atoms with Crippen LogP contribution < -0.4 is 0 Å². The molecule has 108 valence electrons. The summed E-state index contributed by atoms with van der Waals surface area (Å²) in [7, 11) is 0. The maximum Gasteiger partial charge on any atom is 0.425 e. The van der Waals surface area contributed by atoms with Crippen LogP contribution in [0.4, 0.5) is 26.3 Å². The topological polar surface area (TPSA) is 65.0 Å². The third kappa shape index (κ3) is 3.18. The minimum atomic E-state index is -6.08. The molecule has 0 atom stereocenters. The molecule has 0 radical (unpaired) electrons. The summed E-state index contributed by atoms with van der Waals surface area (Å²) in [4.78, 5) is 11.0. The monoisotopic (exact) mass is 304 g/mol. The van der Waals surface area contributed by atoms with E-state index in [1.807, 2.05) is 0 Å². The molecule has 0 bridgehead atoms. The maximum absolute atomic E-state index is 12.5. The molecule has 12 heteroatoms. The van der Waals surface area contributed by atoms with Crippen molar-refractivity contribution in [2.75, 3.05) is 6.61 Å². The lowest BCUT2D eigenvalue weighted by molar-refractivity contribution is -0.434. The molecule has 5 nitrogen and oxygen atoms in total. The van der Waals surface area contributed by atoms with Crippen LogP contribution in [0.15, 0.2) is 0 Å². The van der Waals surface area contributed by atoms with Gasteiger partial charge in [0.05, 0.1) is 18.6 Å². The molecule has 0 aliphatic heterocycles. The highest BCUT2D eigenvalue weighted by Crippen LogP contribution is 2.53. The van der Waals surface area contributed by atoms with Crippen molar-refractivity contribution in [1.29, 1.82) is 0 Å². The summed E-state index contributed by atoms with van der Waals surface area (Å²) >= 11 is -1.47. The van der Waals surface area contributed by atoms with Crippen LogP contribution in [0.5, 0.6) is 0 Å². The summed E-state index contributed by atoms with van der Waals surface area (Å²) in [5.41, 5.74) is 0. The van der Waals surface area contributed by atoms with E-state index in [0.717, 1.165) is 6.92 Å². The van der Waals surface area contributed by atoms with Crippen LogP contribution in [0.25, 0.3) is 0 Å². The number of carbonyl (C=O) groups excluding carboxylic acids is 1. The van der Waals surface area contributed by atoms with Crippen LogP contribution in [0.1, 0.15) is 6.92 Å². The van der Waals surface area contributed by atoms with E-state index in [1.54, 1.807) is 0 Å². The molecule has 0 aromatic heterocycles. The third-order valence-electron chi connectivity index (χ3n) is 1.55. The van der Waals surface area contributed by atoms with Gasteiger partial charge in [0, 0.05) is 0 Å². The van der Waals surface area contributed by atoms with Crippen LogP contribution in [0.3, 0.4) is 0 Å². The van der Waals surface area contributed by atoms with E-state index in [1.165, 1.54) is 0 Å². The molecule has 0 aromatic rings. The Balaban J connectivity index is 5.64. The van der Waals surface area contributed by atoms with Gasteiger partial charge in [-0.05, 0) is 6.92 Å². The van der Waals surface area contributed by atoms with Crippen molar-refractivity contribution in [3.63, 3.8) is 0 Å². The zero-order valence-electron chi connectivity index (χ0n) is 8.46. The fraction of sp³-hybridized carbons (Fsp3) is 0.833. The van der Waals surface area contributed by atoms with E-state index in [9.17, 15) is 31.1 Å². The average molecular weight is 304 g/mol. The first-order chi connectivity index (χ1) is 8.04. The Kier molecular flexibility index (Phi) is 5.71. The smallest absolute Gasteiger partial charge is 0.425 e. The summed E-state index contributed by atoms with van der Waals surface area (Å²) < 4.78 is 76.9. The first-order valence-electron chi connectivity index (χ1n) is 4.01. The standard InChI is InChI=1S/C6H6F6O5S/c1-2-15-3(13)4(5(7,8)9,6(10,11)12)18-17-16-14/h14H,2H2,1H3. The van der Waals surface area contributed by atoms with Crippen molar-refractivity contribution < 1.29 is 50.5 Å². The van der Waals surface area contributed by atoms with Crippen LogP contribution in [-0.4, -0.2) is 34.9 Å². The second-order valence-corrected chi connectivity index (χ2v) is 3.54. The van der Waals surface area contributed by atoms with Gasteiger partial charge in [0.25, 0.3) is 0 Å². The number of alkyl halides is 6. The largest absolute Gasteiger partial charge is 0.464 e. The molecule has 1 N–H and O–H groups in total. The highest BCUT2D eigenvalue weighted by Gasteiger charge is 2.79. The predicted octanol–water partition coefficient (Wildman–Crippen LogP) is 2.48. The lowest BCUT2D eigenvalue weighted by atomic mass is 10.1. The molecule has 0 aliphatic rings. The highest BCUT2D eigenvalue weighted by atomic mass is 32.2. The number of esters is 1. The molecule has 0 amide bonds. The number of halogens is 6. The van der Waals surface area contributed by atoms with Gasteiger partial charge in [0.2, 0.25) is 0 Å². The Morgan fingerprint density at radius 2 is 1.61 bits per heavy atom. The van der Waals surface area contributed by atoms with Crippen molar-refractivity contribution in [3.05, 3.63) is 0 Å². The van der Waals surface area contributed by atoms with Gasteiger partial charge >= 0.3 is 23.1 Å². The molecular formula is C6H6F6O5S. The van der Waals surface area contributed by atoms with E-state index in [-0.39, 0.29) is 0 Å². The number of ether oxygens (including phenoxy) is 1. The van der Waals surface area contributed by atoms with Gasteiger partial charge in [0.15, 0.2) is 0 Å². The predicted molar refractivity (Wildman–Crippen MR) is 43.9 cm³/mol. The summed E-state index contributed by atoms with van der Waals surface area (Å²) in [5, 5.41) is 10.3. The maximum atomic E-state index is 12.5. The van der Waals surface area contributed by atoms with E-state index in [4.69, 9.17) is 5.26 Å². The molecule has 0 aromatic carbocycles. The fourth-order valence-corrected chi connectivity index (χ4v) is 1.27. The molecule has 0 saturated carbocycles. The van der Waals surface area contributed by atoms with E-state index in [2.05, 4.69) is 14.1 Å². The fourth-order valence-electron chi connectivity index (χ4n) is 0.820. The lowest BCUT2D eigenvalue weighted by Crippen LogP contribution is -2.60. The number of hydrogen-bond donors (Lipinski definition) is 1. The van der Waals surface area contributed by atoms with Crippen molar-refractivity contribution in [3.8, 4) is 0 Å². The number of carbonyl (C=O) groups is 1. The van der Waals surface area contributed by atoms with Crippen molar-refractivity contribution in [2.24, 2.45) is 0 Å². The molecular weight excluding hydrogens is 298 g/mol. The SMILES string of the molecule is CCOC(=O)C(SOOO)(C(F)(F)F)C(F)(F)F. The number of rotatable bonds is 5. The Hall–Kier alpha value is -0.720. The first-order valence-corrected chi connectivity index (χ1v) is 4.75. The third-order valence-corrected chi connectivity index (χ3v) is 2.56. The van der Waals surface area contributed by atoms with Gasteiger partial charge in [-0.15, -0.1) is 4.33 Å². The average Bonchev–Trinajstić information content (AvgIpc) is 2.14. The molecule has 0 heterocycles. The zero-order chi connectivity index (χ0) is 14.6. The van der Waals surface area contributed by atoms with Crippen molar-refractivity contribution in [1.82, 2.24) is 0 Å². The van der Waals surface area contributed by atoms with Crippen molar-refractivity contribution in [2.45, 2.75) is 24.0 Å².